The zero-order valence-corrected chi connectivity index (χ0v) is 11.9. The minimum atomic E-state index is -0.524. The Morgan fingerprint density at radius 3 is 2.59 bits per heavy atom. The average molecular weight is 298 g/mol. The van der Waals surface area contributed by atoms with Crippen LogP contribution in [0.2, 0.25) is 0 Å². The van der Waals surface area contributed by atoms with E-state index in [2.05, 4.69) is 5.32 Å². The molecule has 0 aliphatic carbocycles. The third kappa shape index (κ3) is 3.92. The number of nitro benzene ring substituents is 1. The molecule has 0 aromatic heterocycles. The van der Waals surface area contributed by atoms with Crippen LogP contribution in [0, 0.1) is 10.1 Å². The lowest BCUT2D eigenvalue weighted by atomic mass is 10.2. The number of methoxy groups -OCH3 is 1. The predicted octanol–water partition coefficient (Wildman–Crippen LogP) is 3.26. The van der Waals surface area contributed by atoms with E-state index in [1.54, 1.807) is 6.08 Å². The molecule has 0 saturated heterocycles. The number of anilines is 1. The minimum absolute atomic E-state index is 0.102. The van der Waals surface area contributed by atoms with Crippen molar-refractivity contribution in [1.29, 1.82) is 0 Å². The average Bonchev–Trinajstić information content (AvgIpc) is 2.54. The van der Waals surface area contributed by atoms with Gasteiger partial charge in [-0.3, -0.25) is 14.9 Å². The number of hydrogen-bond acceptors (Lipinski definition) is 4. The van der Waals surface area contributed by atoms with Gasteiger partial charge < -0.3 is 10.1 Å². The summed E-state index contributed by atoms with van der Waals surface area (Å²) in [5.41, 5.74) is 1.17. The molecule has 2 aromatic carbocycles. The van der Waals surface area contributed by atoms with Crippen molar-refractivity contribution in [3.05, 3.63) is 70.3 Å². The van der Waals surface area contributed by atoms with Crippen LogP contribution in [0.4, 0.5) is 11.4 Å². The smallest absolute Gasteiger partial charge is 0.273 e. The molecule has 0 aliphatic rings. The molecule has 0 fully saturated rings. The number of benzene rings is 2. The van der Waals surface area contributed by atoms with E-state index in [0.29, 0.717) is 5.69 Å². The Morgan fingerprint density at radius 1 is 1.23 bits per heavy atom. The maximum Gasteiger partial charge on any atom is 0.273 e. The van der Waals surface area contributed by atoms with Crippen LogP contribution in [0.5, 0.6) is 5.75 Å². The van der Waals surface area contributed by atoms with Gasteiger partial charge >= 0.3 is 0 Å². The van der Waals surface area contributed by atoms with E-state index in [-0.39, 0.29) is 17.3 Å². The highest BCUT2D eigenvalue weighted by atomic mass is 16.6. The highest BCUT2D eigenvalue weighted by Gasteiger charge is 2.12. The second-order valence-electron chi connectivity index (χ2n) is 4.37. The van der Waals surface area contributed by atoms with Crippen molar-refractivity contribution in [2.45, 2.75) is 0 Å². The number of non-ortho nitro benzene ring substituents is 1. The largest absolute Gasteiger partial charge is 0.494 e. The van der Waals surface area contributed by atoms with Crippen LogP contribution >= 0.6 is 0 Å². The summed E-state index contributed by atoms with van der Waals surface area (Å²) in [6.07, 6.45) is 3.06. The van der Waals surface area contributed by atoms with Gasteiger partial charge in [-0.05, 0) is 17.7 Å². The van der Waals surface area contributed by atoms with E-state index < -0.39 is 4.92 Å². The van der Waals surface area contributed by atoms with Crippen LogP contribution in [0.25, 0.3) is 6.08 Å². The summed E-state index contributed by atoms with van der Waals surface area (Å²) >= 11 is 0. The predicted molar refractivity (Wildman–Crippen MR) is 83.8 cm³/mol. The molecule has 22 heavy (non-hydrogen) atoms. The van der Waals surface area contributed by atoms with E-state index in [1.807, 2.05) is 30.3 Å². The lowest BCUT2D eigenvalue weighted by Crippen LogP contribution is -2.09. The molecule has 0 spiro atoms. The number of rotatable bonds is 5. The summed E-state index contributed by atoms with van der Waals surface area (Å²) in [7, 11) is 1.38. The van der Waals surface area contributed by atoms with E-state index in [4.69, 9.17) is 4.74 Å². The van der Waals surface area contributed by atoms with Crippen LogP contribution in [0.15, 0.2) is 54.6 Å². The molecule has 0 radical (unpaired) electrons. The summed E-state index contributed by atoms with van der Waals surface area (Å²) in [5.74, 6) is -0.119. The summed E-state index contributed by atoms with van der Waals surface area (Å²) < 4.78 is 5.06. The van der Waals surface area contributed by atoms with Gasteiger partial charge in [-0.2, -0.15) is 0 Å². The fourth-order valence-corrected chi connectivity index (χ4v) is 1.81. The molecular formula is C16H14N2O4. The van der Waals surface area contributed by atoms with E-state index in [9.17, 15) is 14.9 Å². The molecule has 0 unspecified atom stereocenters. The van der Waals surface area contributed by atoms with E-state index in [1.165, 1.54) is 31.4 Å². The quantitative estimate of drug-likeness (QED) is 0.522. The summed E-state index contributed by atoms with van der Waals surface area (Å²) in [6, 6.07) is 13.4. The van der Waals surface area contributed by atoms with Crippen molar-refractivity contribution in [3.63, 3.8) is 0 Å². The molecule has 6 nitrogen and oxygen atoms in total. The molecule has 112 valence electrons. The fourth-order valence-electron chi connectivity index (χ4n) is 1.81. The highest BCUT2D eigenvalue weighted by Crippen LogP contribution is 2.28. The number of carbonyl (C=O) groups excluding carboxylic acids is 1. The number of nitrogens with zero attached hydrogens (tertiary/aromatic N) is 1. The molecule has 0 aliphatic heterocycles. The SMILES string of the molecule is COc1cc([N+](=O)[O-])ccc1NC(=O)/C=C\c1ccccc1. The van der Waals surface area contributed by atoms with Gasteiger partial charge in [-0.15, -0.1) is 0 Å². The third-order valence-electron chi connectivity index (χ3n) is 2.88. The van der Waals surface area contributed by atoms with Gasteiger partial charge in [-0.1, -0.05) is 30.3 Å². The number of carbonyl (C=O) groups is 1. The van der Waals surface area contributed by atoms with Crippen molar-refractivity contribution in [2.24, 2.45) is 0 Å². The monoisotopic (exact) mass is 298 g/mol. The van der Waals surface area contributed by atoms with Gasteiger partial charge in [0, 0.05) is 12.1 Å². The Bertz CT molecular complexity index is 711. The first-order valence-corrected chi connectivity index (χ1v) is 6.46. The topological polar surface area (TPSA) is 81.5 Å². The molecule has 1 amide bonds. The number of nitro groups is 1. The molecule has 0 heterocycles. The van der Waals surface area contributed by atoms with Crippen molar-refractivity contribution in [3.8, 4) is 5.75 Å². The van der Waals surface area contributed by atoms with Crippen LogP contribution in [0.1, 0.15) is 5.56 Å². The normalized spacial score (nSPS) is 10.4. The molecule has 0 saturated carbocycles. The number of hydrogen-bond donors (Lipinski definition) is 1. The van der Waals surface area contributed by atoms with Crippen LogP contribution < -0.4 is 10.1 Å². The number of ether oxygens (including phenoxy) is 1. The van der Waals surface area contributed by atoms with Crippen LogP contribution in [-0.4, -0.2) is 17.9 Å². The molecule has 2 aromatic rings. The Labute approximate surface area is 127 Å². The molecule has 0 atom stereocenters. The first-order valence-electron chi connectivity index (χ1n) is 6.46. The lowest BCUT2D eigenvalue weighted by molar-refractivity contribution is -0.384. The second kappa shape index (κ2) is 7.03. The molecular weight excluding hydrogens is 284 g/mol. The summed E-state index contributed by atoms with van der Waals surface area (Å²) in [5, 5.41) is 13.3. The third-order valence-corrected chi connectivity index (χ3v) is 2.88. The van der Waals surface area contributed by atoms with E-state index in [0.717, 1.165) is 5.56 Å². The van der Waals surface area contributed by atoms with Crippen molar-refractivity contribution < 1.29 is 14.5 Å². The second-order valence-corrected chi connectivity index (χ2v) is 4.37. The molecule has 6 heteroatoms. The molecule has 0 bridgehead atoms. The number of amides is 1. The fraction of sp³-hybridized carbons (Fsp3) is 0.0625. The van der Waals surface area contributed by atoms with Crippen molar-refractivity contribution in [2.75, 3.05) is 12.4 Å². The van der Waals surface area contributed by atoms with Gasteiger partial charge in [0.05, 0.1) is 23.8 Å². The van der Waals surface area contributed by atoms with Gasteiger partial charge in [0.15, 0.2) is 0 Å². The lowest BCUT2D eigenvalue weighted by Gasteiger charge is -2.08. The van der Waals surface area contributed by atoms with Crippen LogP contribution in [0.3, 0.4) is 0 Å². The van der Waals surface area contributed by atoms with Crippen molar-refractivity contribution >= 4 is 23.4 Å². The first kappa shape index (κ1) is 15.2. The van der Waals surface area contributed by atoms with E-state index >= 15 is 0 Å². The minimum Gasteiger partial charge on any atom is -0.494 e. The standard InChI is InChI=1S/C16H14N2O4/c1-22-15-11-13(18(20)21)8-9-14(15)17-16(19)10-7-12-5-3-2-4-6-12/h2-11H,1H3,(H,17,19)/b10-7-. The van der Waals surface area contributed by atoms with Gasteiger partial charge in [0.25, 0.3) is 5.69 Å². The zero-order valence-electron chi connectivity index (χ0n) is 11.9. The zero-order chi connectivity index (χ0) is 15.9. The molecule has 2 rings (SSSR count). The summed E-state index contributed by atoms with van der Waals surface area (Å²) in [4.78, 5) is 22.1. The van der Waals surface area contributed by atoms with Gasteiger partial charge in [-0.25, -0.2) is 0 Å². The Kier molecular flexibility index (Phi) is 4.87. The Balaban J connectivity index is 2.11. The van der Waals surface area contributed by atoms with Gasteiger partial charge in [0.1, 0.15) is 5.75 Å². The highest BCUT2D eigenvalue weighted by molar-refractivity contribution is 6.02. The maximum atomic E-state index is 11.9. The Hall–Kier alpha value is -3.15. The molecule has 1 N–H and O–H groups in total. The van der Waals surface area contributed by atoms with Crippen LogP contribution in [-0.2, 0) is 4.79 Å². The first-order chi connectivity index (χ1) is 10.6. The maximum absolute atomic E-state index is 11.9. The van der Waals surface area contributed by atoms with Crippen molar-refractivity contribution in [1.82, 2.24) is 0 Å². The van der Waals surface area contributed by atoms with Gasteiger partial charge in [0.2, 0.25) is 5.91 Å². The Morgan fingerprint density at radius 2 is 1.95 bits per heavy atom. The number of nitrogens with one attached hydrogen (secondary N) is 1. The summed E-state index contributed by atoms with van der Waals surface area (Å²) in [6.45, 7) is 0.